The highest BCUT2D eigenvalue weighted by molar-refractivity contribution is 5.45. The van der Waals surface area contributed by atoms with Crippen LogP contribution in [0.5, 0.6) is 0 Å². The summed E-state index contributed by atoms with van der Waals surface area (Å²) in [6.45, 7) is 0.132. The lowest BCUT2D eigenvalue weighted by Crippen LogP contribution is -2.18. The van der Waals surface area contributed by atoms with Gasteiger partial charge in [0.1, 0.15) is 0 Å². The molecule has 2 atom stereocenters. The molecule has 0 aromatic heterocycles. The van der Waals surface area contributed by atoms with Crippen LogP contribution in [0.15, 0.2) is 48.5 Å². The van der Waals surface area contributed by atoms with Crippen LogP contribution in [0.4, 0.5) is 0 Å². The van der Waals surface area contributed by atoms with Crippen molar-refractivity contribution < 1.29 is 10.2 Å². The van der Waals surface area contributed by atoms with Crippen LogP contribution in [0.2, 0.25) is 0 Å². The van der Waals surface area contributed by atoms with E-state index in [9.17, 15) is 10.2 Å². The van der Waals surface area contributed by atoms with Crippen LogP contribution in [0.3, 0.4) is 0 Å². The number of fused-ring (bicyclic) bond motifs is 2. The van der Waals surface area contributed by atoms with E-state index in [1.54, 1.807) is 0 Å². The highest BCUT2D eigenvalue weighted by atomic mass is 16.3. The van der Waals surface area contributed by atoms with Gasteiger partial charge in [-0.25, -0.2) is 0 Å². The van der Waals surface area contributed by atoms with Crippen molar-refractivity contribution in [1.82, 2.24) is 0 Å². The lowest BCUT2D eigenvalue weighted by molar-refractivity contribution is 0.196. The molecule has 1 aliphatic rings. The lowest BCUT2D eigenvalue weighted by Gasteiger charge is -2.24. The Labute approximate surface area is 113 Å². The molecule has 0 aliphatic heterocycles. The molecule has 0 unspecified atom stereocenters. The third kappa shape index (κ3) is 2.07. The number of rotatable bonds is 2. The number of hydrogen-bond acceptors (Lipinski definition) is 2. The summed E-state index contributed by atoms with van der Waals surface area (Å²) < 4.78 is 0. The van der Waals surface area contributed by atoms with Crippen molar-refractivity contribution in [2.24, 2.45) is 0 Å². The summed E-state index contributed by atoms with van der Waals surface area (Å²) in [7, 11) is 0. The molecule has 0 fully saturated rings. The Bertz CT molecular complexity index is 525. The van der Waals surface area contributed by atoms with Crippen molar-refractivity contribution in [3.8, 4) is 0 Å². The molecule has 2 aromatic carbocycles. The maximum absolute atomic E-state index is 9.78. The van der Waals surface area contributed by atoms with Gasteiger partial charge < -0.3 is 10.2 Å². The van der Waals surface area contributed by atoms with Crippen LogP contribution in [-0.4, -0.2) is 23.4 Å². The first-order chi connectivity index (χ1) is 9.35. The van der Waals surface area contributed by atoms with Gasteiger partial charge in [-0.2, -0.15) is 0 Å². The van der Waals surface area contributed by atoms with Crippen molar-refractivity contribution in [2.75, 3.05) is 13.2 Å². The van der Waals surface area contributed by atoms with E-state index in [1.165, 1.54) is 22.3 Å². The van der Waals surface area contributed by atoms with E-state index in [-0.39, 0.29) is 25.0 Å². The van der Waals surface area contributed by atoms with Crippen molar-refractivity contribution in [2.45, 2.75) is 18.3 Å². The molecule has 2 heteroatoms. The van der Waals surface area contributed by atoms with E-state index >= 15 is 0 Å². The number of benzene rings is 2. The molecule has 0 saturated heterocycles. The average Bonchev–Trinajstić information content (AvgIpc) is 2.60. The fourth-order valence-corrected chi connectivity index (χ4v) is 3.20. The molecule has 0 heterocycles. The molecular formula is C17H18O2. The van der Waals surface area contributed by atoms with Crippen molar-refractivity contribution >= 4 is 0 Å². The Morgan fingerprint density at radius 1 is 0.737 bits per heavy atom. The minimum absolute atomic E-state index is 0.0233. The normalized spacial score (nSPS) is 21.4. The smallest absolute Gasteiger partial charge is 0.0506 e. The second-order valence-corrected chi connectivity index (χ2v) is 5.15. The first kappa shape index (κ1) is 12.4. The minimum atomic E-state index is -0.0233. The average molecular weight is 254 g/mol. The zero-order valence-electron chi connectivity index (χ0n) is 10.8. The molecule has 19 heavy (non-hydrogen) atoms. The molecule has 0 bridgehead atoms. The van der Waals surface area contributed by atoms with Gasteiger partial charge in [-0.1, -0.05) is 48.5 Å². The highest BCUT2D eigenvalue weighted by Gasteiger charge is 2.29. The van der Waals surface area contributed by atoms with E-state index in [0.717, 1.165) is 6.42 Å². The Morgan fingerprint density at radius 2 is 1.16 bits per heavy atom. The third-order valence-corrected chi connectivity index (χ3v) is 4.17. The third-order valence-electron chi connectivity index (χ3n) is 4.17. The van der Waals surface area contributed by atoms with Crippen LogP contribution < -0.4 is 0 Å². The van der Waals surface area contributed by atoms with Gasteiger partial charge in [0.15, 0.2) is 0 Å². The highest BCUT2D eigenvalue weighted by Crippen LogP contribution is 2.39. The van der Waals surface area contributed by atoms with Gasteiger partial charge in [-0.05, 0) is 28.7 Å². The van der Waals surface area contributed by atoms with Gasteiger partial charge in [0.25, 0.3) is 0 Å². The lowest BCUT2D eigenvalue weighted by atomic mass is 9.82. The summed E-state index contributed by atoms with van der Waals surface area (Å²) in [5, 5.41) is 19.6. The topological polar surface area (TPSA) is 40.5 Å². The first-order valence-corrected chi connectivity index (χ1v) is 6.72. The summed E-state index contributed by atoms with van der Waals surface area (Å²) in [6, 6.07) is 16.5. The fourth-order valence-electron chi connectivity index (χ4n) is 3.20. The molecule has 2 nitrogen and oxygen atoms in total. The van der Waals surface area contributed by atoms with Crippen LogP contribution in [-0.2, 0) is 6.42 Å². The SMILES string of the molecule is OC[C@H]1c2ccccc2Cc2ccccc2[C@@H]1CO. The maximum Gasteiger partial charge on any atom is 0.0506 e. The summed E-state index contributed by atoms with van der Waals surface area (Å²) in [6.07, 6.45) is 0.874. The second kappa shape index (κ2) is 5.16. The van der Waals surface area contributed by atoms with Crippen molar-refractivity contribution in [1.29, 1.82) is 0 Å². The zero-order valence-corrected chi connectivity index (χ0v) is 10.8. The van der Waals surface area contributed by atoms with E-state index < -0.39 is 0 Å². The Balaban J connectivity index is 2.20. The monoisotopic (exact) mass is 254 g/mol. The van der Waals surface area contributed by atoms with Crippen LogP contribution in [0, 0.1) is 0 Å². The van der Waals surface area contributed by atoms with Gasteiger partial charge >= 0.3 is 0 Å². The molecule has 1 aliphatic carbocycles. The number of hydrogen-bond donors (Lipinski definition) is 2. The quantitative estimate of drug-likeness (QED) is 0.864. The first-order valence-electron chi connectivity index (χ1n) is 6.72. The summed E-state index contributed by atoms with van der Waals surface area (Å²) >= 11 is 0. The molecule has 2 aromatic rings. The van der Waals surface area contributed by atoms with Gasteiger partial charge in [-0.3, -0.25) is 0 Å². The van der Waals surface area contributed by atoms with Gasteiger partial charge in [0.05, 0.1) is 13.2 Å². The molecule has 98 valence electrons. The molecule has 0 saturated carbocycles. The number of aliphatic hydroxyl groups excluding tert-OH is 2. The van der Waals surface area contributed by atoms with Crippen LogP contribution >= 0.6 is 0 Å². The molecule has 0 radical (unpaired) electrons. The largest absolute Gasteiger partial charge is 0.396 e. The summed E-state index contributed by atoms with van der Waals surface area (Å²) in [4.78, 5) is 0. The molecule has 2 N–H and O–H groups in total. The summed E-state index contributed by atoms with van der Waals surface area (Å²) in [5.41, 5.74) is 4.84. The molecule has 0 amide bonds. The number of aliphatic hydroxyl groups is 2. The fraction of sp³-hybridized carbons (Fsp3) is 0.294. The Hall–Kier alpha value is -1.64. The predicted octanol–water partition coefficient (Wildman–Crippen LogP) is 2.44. The van der Waals surface area contributed by atoms with Crippen molar-refractivity contribution in [3.63, 3.8) is 0 Å². The van der Waals surface area contributed by atoms with Gasteiger partial charge in [0, 0.05) is 11.8 Å². The Morgan fingerprint density at radius 3 is 1.58 bits per heavy atom. The van der Waals surface area contributed by atoms with E-state index in [2.05, 4.69) is 24.3 Å². The minimum Gasteiger partial charge on any atom is -0.396 e. The molecular weight excluding hydrogens is 236 g/mol. The van der Waals surface area contributed by atoms with Gasteiger partial charge in [0.2, 0.25) is 0 Å². The molecule has 3 rings (SSSR count). The Kier molecular flexibility index (Phi) is 3.36. The predicted molar refractivity (Wildman–Crippen MR) is 75.3 cm³/mol. The van der Waals surface area contributed by atoms with Crippen molar-refractivity contribution in [3.05, 3.63) is 70.8 Å². The zero-order chi connectivity index (χ0) is 13.2. The van der Waals surface area contributed by atoms with Crippen LogP contribution in [0.1, 0.15) is 34.1 Å². The standard InChI is InChI=1S/C17H18O2/c18-10-16-14-7-3-1-5-12(14)9-13-6-2-4-8-15(13)17(16)11-19/h1-8,16-19H,9-11H2/t16-,17-/m0/s1. The van der Waals surface area contributed by atoms with Gasteiger partial charge in [-0.15, -0.1) is 0 Å². The second-order valence-electron chi connectivity index (χ2n) is 5.15. The van der Waals surface area contributed by atoms with E-state index in [0.29, 0.717) is 0 Å². The van der Waals surface area contributed by atoms with Crippen LogP contribution in [0.25, 0.3) is 0 Å². The molecule has 0 spiro atoms. The van der Waals surface area contributed by atoms with E-state index in [1.807, 2.05) is 24.3 Å². The van der Waals surface area contributed by atoms with E-state index in [4.69, 9.17) is 0 Å². The summed E-state index contributed by atoms with van der Waals surface area (Å²) in [5.74, 6) is -0.0466. The maximum atomic E-state index is 9.78.